The van der Waals surface area contributed by atoms with E-state index in [0.717, 1.165) is 5.56 Å². The van der Waals surface area contributed by atoms with E-state index in [4.69, 9.17) is 28.9 Å². The summed E-state index contributed by atoms with van der Waals surface area (Å²) in [5.74, 6) is -0.211. The molecule has 21 heavy (non-hydrogen) atoms. The molecule has 0 aliphatic rings. The zero-order valence-corrected chi connectivity index (χ0v) is 13.8. The number of amides is 1. The summed E-state index contributed by atoms with van der Waals surface area (Å²) in [7, 11) is 0. The van der Waals surface area contributed by atoms with Gasteiger partial charge in [-0.1, -0.05) is 40.6 Å². The molecule has 0 fully saturated rings. The van der Waals surface area contributed by atoms with Crippen LogP contribution < -0.4 is 16.4 Å². The highest BCUT2D eigenvalue weighted by Crippen LogP contribution is 2.34. The molecule has 0 spiro atoms. The number of rotatable bonds is 4. The van der Waals surface area contributed by atoms with Gasteiger partial charge in [-0.25, -0.2) is 4.98 Å². The number of halogens is 2. The number of nitrogens with zero attached hydrogens (tertiary/aromatic N) is 1. The average Bonchev–Trinajstić information content (AvgIpc) is 2.80. The predicted octanol–water partition coefficient (Wildman–Crippen LogP) is 4.02. The summed E-state index contributed by atoms with van der Waals surface area (Å²) in [4.78, 5) is 16.7. The number of thiazole rings is 1. The van der Waals surface area contributed by atoms with Crippen molar-refractivity contribution in [1.29, 1.82) is 0 Å². The van der Waals surface area contributed by atoms with E-state index in [1.165, 1.54) is 11.3 Å². The Morgan fingerprint density at radius 3 is 2.81 bits per heavy atom. The van der Waals surface area contributed by atoms with Crippen molar-refractivity contribution >= 4 is 57.1 Å². The second-order valence-corrected chi connectivity index (χ2v) is 6.06. The summed E-state index contributed by atoms with van der Waals surface area (Å²) in [5, 5.41) is 7.08. The lowest BCUT2D eigenvalue weighted by Gasteiger charge is -2.10. The molecule has 0 aliphatic heterocycles. The number of nitrogens with two attached hydrogens (primary N) is 1. The molecule has 1 aromatic heterocycles. The Morgan fingerprint density at radius 1 is 1.43 bits per heavy atom. The molecule has 0 radical (unpaired) electrons. The molecule has 0 saturated carbocycles. The Balaban J connectivity index is 2.28. The number of carbonyl (C=O) groups excluding carboxylic acids is 1. The van der Waals surface area contributed by atoms with Gasteiger partial charge in [0.1, 0.15) is 10.7 Å². The van der Waals surface area contributed by atoms with Crippen molar-refractivity contribution in [1.82, 2.24) is 4.98 Å². The van der Waals surface area contributed by atoms with Crippen molar-refractivity contribution in [3.63, 3.8) is 0 Å². The highest BCUT2D eigenvalue weighted by molar-refractivity contribution is 7.18. The smallest absolute Gasteiger partial charge is 0.269 e. The number of aromatic nitrogens is 1. The number of nitrogens with one attached hydrogen (secondary N) is 2. The molecule has 2 aromatic rings. The van der Waals surface area contributed by atoms with E-state index in [9.17, 15) is 4.79 Å². The molecule has 112 valence electrons. The molecule has 1 amide bonds. The lowest BCUT2D eigenvalue weighted by molar-refractivity contribution is 0.103. The van der Waals surface area contributed by atoms with E-state index >= 15 is 0 Å². The van der Waals surface area contributed by atoms with Crippen LogP contribution in [-0.4, -0.2) is 17.4 Å². The lowest BCUT2D eigenvalue weighted by atomic mass is 10.2. The van der Waals surface area contributed by atoms with Gasteiger partial charge in [0.2, 0.25) is 0 Å². The van der Waals surface area contributed by atoms with Crippen LogP contribution in [0.4, 0.5) is 16.6 Å². The Hall–Kier alpha value is -1.50. The highest BCUT2D eigenvalue weighted by atomic mass is 35.5. The first-order valence-corrected chi connectivity index (χ1v) is 7.77. The summed E-state index contributed by atoms with van der Waals surface area (Å²) in [5.41, 5.74) is 6.96. The Labute approximate surface area is 136 Å². The maximum Gasteiger partial charge on any atom is 0.269 e. The molecule has 5 nitrogen and oxygen atoms in total. The van der Waals surface area contributed by atoms with E-state index in [1.807, 2.05) is 13.8 Å². The molecule has 0 saturated heterocycles. The zero-order chi connectivity index (χ0) is 15.6. The topological polar surface area (TPSA) is 80.0 Å². The molecule has 8 heteroatoms. The van der Waals surface area contributed by atoms with E-state index in [-0.39, 0.29) is 11.7 Å². The fraction of sp³-hybridized carbons (Fsp3) is 0.231. The second-order valence-electron chi connectivity index (χ2n) is 4.27. The quantitative estimate of drug-likeness (QED) is 0.782. The van der Waals surface area contributed by atoms with Crippen LogP contribution >= 0.6 is 34.5 Å². The number of anilines is 3. The minimum absolute atomic E-state index is 0.174. The highest BCUT2D eigenvalue weighted by Gasteiger charge is 2.19. The van der Waals surface area contributed by atoms with Gasteiger partial charge < -0.3 is 16.4 Å². The largest absolute Gasteiger partial charge is 0.382 e. The summed E-state index contributed by atoms with van der Waals surface area (Å²) in [6.45, 7) is 4.46. The second kappa shape index (κ2) is 6.51. The number of hydrogen-bond acceptors (Lipinski definition) is 5. The van der Waals surface area contributed by atoms with Gasteiger partial charge in [-0.15, -0.1) is 0 Å². The van der Waals surface area contributed by atoms with E-state index < -0.39 is 0 Å². The summed E-state index contributed by atoms with van der Waals surface area (Å²) in [6, 6.07) is 3.46. The summed E-state index contributed by atoms with van der Waals surface area (Å²) >= 11 is 13.4. The number of aryl methyl sites for hydroxylation is 1. The van der Waals surface area contributed by atoms with Crippen LogP contribution in [-0.2, 0) is 0 Å². The van der Waals surface area contributed by atoms with Crippen molar-refractivity contribution in [3.8, 4) is 0 Å². The SMILES string of the molecule is CCNc1nc(N)c(C(=O)Nc2c(Cl)ccc(C)c2Cl)s1. The average molecular weight is 345 g/mol. The van der Waals surface area contributed by atoms with E-state index in [1.54, 1.807) is 12.1 Å². The van der Waals surface area contributed by atoms with Crippen molar-refractivity contribution in [3.05, 3.63) is 32.6 Å². The Kier molecular flexibility index (Phi) is 4.92. The number of benzene rings is 1. The molecular formula is C13H14Cl2N4OS. The molecule has 2 rings (SSSR count). The van der Waals surface area contributed by atoms with E-state index in [2.05, 4.69) is 15.6 Å². The molecule has 4 N–H and O–H groups in total. The maximum atomic E-state index is 12.3. The van der Waals surface area contributed by atoms with Crippen LogP contribution in [0.25, 0.3) is 0 Å². The zero-order valence-electron chi connectivity index (χ0n) is 11.5. The van der Waals surface area contributed by atoms with Crippen LogP contribution in [0.3, 0.4) is 0 Å². The molecule has 1 aromatic carbocycles. The normalized spacial score (nSPS) is 10.5. The third-order valence-corrected chi connectivity index (χ3v) is 4.54. The third-order valence-electron chi connectivity index (χ3n) is 2.71. The van der Waals surface area contributed by atoms with Gasteiger partial charge in [0, 0.05) is 6.54 Å². The first-order chi connectivity index (χ1) is 9.93. The molecule has 0 atom stereocenters. The van der Waals surface area contributed by atoms with Gasteiger partial charge in [-0.05, 0) is 25.5 Å². The minimum Gasteiger partial charge on any atom is -0.382 e. The number of nitrogen functional groups attached to an aromatic ring is 1. The first-order valence-electron chi connectivity index (χ1n) is 6.20. The number of carbonyl (C=O) groups is 1. The fourth-order valence-electron chi connectivity index (χ4n) is 1.66. The maximum absolute atomic E-state index is 12.3. The van der Waals surface area contributed by atoms with Gasteiger partial charge >= 0.3 is 0 Å². The third kappa shape index (κ3) is 3.40. The molecule has 1 heterocycles. The van der Waals surface area contributed by atoms with Gasteiger partial charge in [-0.2, -0.15) is 0 Å². The minimum atomic E-state index is -0.386. The van der Waals surface area contributed by atoms with Crippen molar-refractivity contribution in [2.45, 2.75) is 13.8 Å². The summed E-state index contributed by atoms with van der Waals surface area (Å²) in [6.07, 6.45) is 0. The van der Waals surface area contributed by atoms with Gasteiger partial charge in [0.25, 0.3) is 5.91 Å². The van der Waals surface area contributed by atoms with Gasteiger partial charge in [-0.3, -0.25) is 4.79 Å². The van der Waals surface area contributed by atoms with Crippen molar-refractivity contribution in [2.24, 2.45) is 0 Å². The van der Waals surface area contributed by atoms with Crippen molar-refractivity contribution < 1.29 is 4.79 Å². The molecule has 0 unspecified atom stereocenters. The van der Waals surface area contributed by atoms with Crippen molar-refractivity contribution in [2.75, 3.05) is 22.9 Å². The first kappa shape index (κ1) is 15.9. The van der Waals surface area contributed by atoms with Crippen LogP contribution in [0.2, 0.25) is 10.0 Å². The fourth-order valence-corrected chi connectivity index (χ4v) is 2.98. The van der Waals surface area contributed by atoms with Crippen LogP contribution in [0.15, 0.2) is 12.1 Å². The Morgan fingerprint density at radius 2 is 2.14 bits per heavy atom. The van der Waals surface area contributed by atoms with Crippen LogP contribution in [0, 0.1) is 6.92 Å². The standard InChI is InChI=1S/C13H14Cl2N4OS/c1-3-17-13-19-11(16)10(21-13)12(20)18-9-7(14)5-4-6(2)8(9)15/h4-5H,3,16H2,1-2H3,(H,17,19)(H,18,20). The van der Waals surface area contributed by atoms with Gasteiger partial charge in [0.15, 0.2) is 5.13 Å². The summed E-state index contributed by atoms with van der Waals surface area (Å²) < 4.78 is 0. The number of hydrogen-bond donors (Lipinski definition) is 3. The van der Waals surface area contributed by atoms with Crippen LogP contribution in [0.5, 0.6) is 0 Å². The monoisotopic (exact) mass is 344 g/mol. The van der Waals surface area contributed by atoms with Crippen LogP contribution in [0.1, 0.15) is 22.2 Å². The Bertz CT molecular complexity index is 687. The van der Waals surface area contributed by atoms with E-state index in [0.29, 0.717) is 32.3 Å². The van der Waals surface area contributed by atoms with Gasteiger partial charge in [0.05, 0.1) is 15.7 Å². The lowest BCUT2D eigenvalue weighted by Crippen LogP contribution is -2.13. The molecular weight excluding hydrogens is 331 g/mol. The molecule has 0 aliphatic carbocycles. The molecule has 0 bridgehead atoms. The predicted molar refractivity (Wildman–Crippen MR) is 89.8 cm³/mol.